The van der Waals surface area contributed by atoms with E-state index in [1.54, 1.807) is 0 Å². The molecule has 0 radical (unpaired) electrons. The van der Waals surface area contributed by atoms with Gasteiger partial charge in [0, 0.05) is 11.8 Å². The second-order valence-corrected chi connectivity index (χ2v) is 3.90. The van der Waals surface area contributed by atoms with Gasteiger partial charge in [0.2, 0.25) is 0 Å². The lowest BCUT2D eigenvalue weighted by Crippen LogP contribution is -2.33. The van der Waals surface area contributed by atoms with Gasteiger partial charge in [-0.3, -0.25) is 0 Å². The van der Waals surface area contributed by atoms with Crippen LogP contribution in [0.5, 0.6) is 0 Å². The van der Waals surface area contributed by atoms with Gasteiger partial charge >= 0.3 is 0 Å². The van der Waals surface area contributed by atoms with Gasteiger partial charge in [0.1, 0.15) is 0 Å². The van der Waals surface area contributed by atoms with Crippen LogP contribution in [0.3, 0.4) is 0 Å². The third-order valence-electron chi connectivity index (χ3n) is 1.91. The Morgan fingerprint density at radius 3 is 2.36 bits per heavy atom. The van der Waals surface area contributed by atoms with Gasteiger partial charge in [-0.05, 0) is 32.7 Å². The molecule has 1 unspecified atom stereocenters. The molecule has 0 aromatic heterocycles. The highest BCUT2D eigenvalue weighted by Gasteiger charge is 2.14. The fraction of sp³-hybridized carbons (Fsp3) is 1.00. The van der Waals surface area contributed by atoms with Crippen LogP contribution in [0.4, 0.5) is 0 Å². The molecule has 1 rings (SSSR count). The maximum atomic E-state index is 2.42. The van der Waals surface area contributed by atoms with E-state index in [2.05, 4.69) is 18.2 Å². The van der Waals surface area contributed by atoms with Crippen LogP contribution < -0.4 is 0 Å². The summed E-state index contributed by atoms with van der Waals surface area (Å²) in [5.74, 6) is 0. The highest BCUT2D eigenvalue weighted by Crippen LogP contribution is 2.18. The SMILES string of the molecule is CC.CSC1CCCN(C)C1. The summed E-state index contributed by atoms with van der Waals surface area (Å²) in [6.45, 7) is 6.60. The van der Waals surface area contributed by atoms with E-state index >= 15 is 0 Å². The molecule has 0 saturated carbocycles. The second-order valence-electron chi connectivity index (χ2n) is 2.76. The summed E-state index contributed by atoms with van der Waals surface area (Å²) in [5.41, 5.74) is 0. The first-order chi connectivity index (χ1) is 5.33. The Kier molecular flexibility index (Phi) is 7.18. The van der Waals surface area contributed by atoms with Gasteiger partial charge in [0.05, 0.1) is 0 Å². The average Bonchev–Trinajstić information content (AvgIpc) is 2.08. The van der Waals surface area contributed by atoms with Gasteiger partial charge in [-0.15, -0.1) is 0 Å². The smallest absolute Gasteiger partial charge is 0.0172 e. The topological polar surface area (TPSA) is 3.24 Å². The number of nitrogens with zero attached hydrogens (tertiary/aromatic N) is 1. The Morgan fingerprint density at radius 2 is 2.00 bits per heavy atom. The van der Waals surface area contributed by atoms with Crippen molar-refractivity contribution >= 4 is 11.8 Å². The van der Waals surface area contributed by atoms with Crippen molar-refractivity contribution in [3.05, 3.63) is 0 Å². The lowest BCUT2D eigenvalue weighted by atomic mass is 10.1. The average molecular weight is 175 g/mol. The Hall–Kier alpha value is 0.310. The minimum atomic E-state index is 0.906. The summed E-state index contributed by atoms with van der Waals surface area (Å²) in [4.78, 5) is 2.42. The lowest BCUT2D eigenvalue weighted by Gasteiger charge is -2.28. The van der Waals surface area contributed by atoms with Crippen LogP contribution in [-0.4, -0.2) is 36.5 Å². The molecule has 0 aromatic rings. The van der Waals surface area contributed by atoms with E-state index in [9.17, 15) is 0 Å². The lowest BCUT2D eigenvalue weighted by molar-refractivity contribution is 0.283. The Morgan fingerprint density at radius 1 is 1.36 bits per heavy atom. The van der Waals surface area contributed by atoms with Gasteiger partial charge in [0.15, 0.2) is 0 Å². The van der Waals surface area contributed by atoms with Gasteiger partial charge in [-0.25, -0.2) is 0 Å². The van der Waals surface area contributed by atoms with Gasteiger partial charge in [0.25, 0.3) is 0 Å². The molecule has 1 atom stereocenters. The molecule has 1 aliphatic rings. The predicted octanol–water partition coefficient (Wildman–Crippen LogP) is 2.47. The first-order valence-corrected chi connectivity index (χ1v) is 5.83. The molecule has 11 heavy (non-hydrogen) atoms. The van der Waals surface area contributed by atoms with Crippen molar-refractivity contribution in [3.63, 3.8) is 0 Å². The van der Waals surface area contributed by atoms with Crippen molar-refractivity contribution in [2.45, 2.75) is 31.9 Å². The number of thioether (sulfide) groups is 1. The minimum absolute atomic E-state index is 0.906. The molecule has 0 spiro atoms. The summed E-state index contributed by atoms with van der Waals surface area (Å²) in [5, 5.41) is 0.906. The summed E-state index contributed by atoms with van der Waals surface area (Å²) in [6.07, 6.45) is 5.03. The van der Waals surface area contributed by atoms with Crippen LogP contribution in [0.1, 0.15) is 26.7 Å². The molecular weight excluding hydrogens is 154 g/mol. The van der Waals surface area contributed by atoms with E-state index in [4.69, 9.17) is 0 Å². The Labute approximate surface area is 75.5 Å². The number of rotatable bonds is 1. The maximum absolute atomic E-state index is 2.42. The van der Waals surface area contributed by atoms with E-state index in [0.29, 0.717) is 0 Å². The summed E-state index contributed by atoms with van der Waals surface area (Å²) in [7, 11) is 2.21. The first-order valence-electron chi connectivity index (χ1n) is 4.54. The molecular formula is C9H21NS. The van der Waals surface area contributed by atoms with Crippen molar-refractivity contribution in [3.8, 4) is 0 Å². The first kappa shape index (κ1) is 11.3. The number of piperidine rings is 1. The van der Waals surface area contributed by atoms with Crippen LogP contribution in [0, 0.1) is 0 Å². The highest BCUT2D eigenvalue weighted by molar-refractivity contribution is 7.99. The van der Waals surface area contributed by atoms with Crippen molar-refractivity contribution in [2.75, 3.05) is 26.4 Å². The largest absolute Gasteiger partial charge is 0.305 e. The Balaban J connectivity index is 0.000000461. The molecule has 0 N–H and O–H groups in total. The van der Waals surface area contributed by atoms with Gasteiger partial charge in [-0.1, -0.05) is 13.8 Å². The minimum Gasteiger partial charge on any atom is -0.305 e. The van der Waals surface area contributed by atoms with Crippen LogP contribution in [-0.2, 0) is 0 Å². The fourth-order valence-electron chi connectivity index (χ4n) is 1.31. The molecule has 1 fully saturated rings. The standard InChI is InChI=1S/C7H15NS.C2H6/c1-8-5-3-4-7(6-8)9-2;1-2/h7H,3-6H2,1-2H3;1-2H3. The van der Waals surface area contributed by atoms with Crippen LogP contribution in [0.25, 0.3) is 0 Å². The van der Waals surface area contributed by atoms with Crippen molar-refractivity contribution in [1.82, 2.24) is 4.90 Å². The summed E-state index contributed by atoms with van der Waals surface area (Å²) in [6, 6.07) is 0. The summed E-state index contributed by atoms with van der Waals surface area (Å²) < 4.78 is 0. The van der Waals surface area contributed by atoms with E-state index < -0.39 is 0 Å². The van der Waals surface area contributed by atoms with E-state index in [1.165, 1.54) is 25.9 Å². The molecule has 1 saturated heterocycles. The molecule has 1 aliphatic heterocycles. The fourth-order valence-corrected chi connectivity index (χ4v) is 2.12. The Bertz CT molecular complexity index is 85.6. The molecule has 0 aliphatic carbocycles. The van der Waals surface area contributed by atoms with Crippen LogP contribution >= 0.6 is 11.8 Å². The number of likely N-dealkylation sites (tertiary alicyclic amines) is 1. The molecule has 68 valence electrons. The zero-order chi connectivity index (χ0) is 8.69. The summed E-state index contributed by atoms with van der Waals surface area (Å²) >= 11 is 2.01. The van der Waals surface area contributed by atoms with Gasteiger partial charge < -0.3 is 4.90 Å². The monoisotopic (exact) mass is 175 g/mol. The molecule has 2 heteroatoms. The van der Waals surface area contributed by atoms with Crippen molar-refractivity contribution < 1.29 is 0 Å². The third-order valence-corrected chi connectivity index (χ3v) is 2.97. The highest BCUT2D eigenvalue weighted by atomic mass is 32.2. The predicted molar refractivity (Wildman–Crippen MR) is 55.4 cm³/mol. The molecule has 0 bridgehead atoms. The van der Waals surface area contributed by atoms with Crippen molar-refractivity contribution in [1.29, 1.82) is 0 Å². The molecule has 1 nitrogen and oxygen atoms in total. The van der Waals surface area contributed by atoms with E-state index in [1.807, 2.05) is 25.6 Å². The maximum Gasteiger partial charge on any atom is 0.0172 e. The molecule has 0 amide bonds. The quantitative estimate of drug-likeness (QED) is 0.602. The third kappa shape index (κ3) is 4.70. The van der Waals surface area contributed by atoms with Crippen LogP contribution in [0.2, 0.25) is 0 Å². The molecule has 0 aromatic carbocycles. The number of hydrogen-bond acceptors (Lipinski definition) is 2. The van der Waals surface area contributed by atoms with Crippen LogP contribution in [0.15, 0.2) is 0 Å². The normalized spacial score (nSPS) is 25.6. The number of hydrogen-bond donors (Lipinski definition) is 0. The second kappa shape index (κ2) is 6.99. The van der Waals surface area contributed by atoms with E-state index in [-0.39, 0.29) is 0 Å². The van der Waals surface area contributed by atoms with Crippen molar-refractivity contribution in [2.24, 2.45) is 0 Å². The zero-order valence-corrected chi connectivity index (χ0v) is 9.08. The van der Waals surface area contributed by atoms with E-state index in [0.717, 1.165) is 5.25 Å². The molecule has 1 heterocycles. The van der Waals surface area contributed by atoms with Gasteiger partial charge in [-0.2, -0.15) is 11.8 Å². The zero-order valence-electron chi connectivity index (χ0n) is 8.26.